The number of hydrogen-bond acceptors (Lipinski definition) is 6. The molecule has 1 atom stereocenters. The molecule has 2 amide bonds. The summed E-state index contributed by atoms with van der Waals surface area (Å²) in [6, 6.07) is 10.1. The number of nitrogens with zero attached hydrogens (tertiary/aromatic N) is 5. The van der Waals surface area contributed by atoms with E-state index in [9.17, 15) is 9.59 Å². The maximum Gasteiger partial charge on any atom is 0.276 e. The van der Waals surface area contributed by atoms with Gasteiger partial charge in [-0.1, -0.05) is 35.5 Å². The first-order chi connectivity index (χ1) is 14.7. The number of carbonyl (C=O) groups is 2. The lowest BCUT2D eigenvalue weighted by molar-refractivity contribution is 0.00151. The van der Waals surface area contributed by atoms with E-state index in [0.717, 1.165) is 44.7 Å². The summed E-state index contributed by atoms with van der Waals surface area (Å²) in [7, 11) is 0. The number of rotatable bonds is 3. The summed E-state index contributed by atoms with van der Waals surface area (Å²) < 4.78 is 7.00. The van der Waals surface area contributed by atoms with Gasteiger partial charge in [0.15, 0.2) is 11.4 Å². The number of benzene rings is 1. The number of nitrogens with one attached hydrogen (secondary N) is 1. The molecule has 1 aromatic heterocycles. The molecule has 2 fully saturated rings. The molecule has 0 spiro atoms. The Bertz CT molecular complexity index is 916. The van der Waals surface area contributed by atoms with Crippen LogP contribution in [-0.2, 0) is 11.3 Å². The van der Waals surface area contributed by atoms with Gasteiger partial charge in [-0.2, -0.15) is 0 Å². The highest BCUT2D eigenvalue weighted by Gasteiger charge is 2.36. The average molecular weight is 410 g/mol. The first kappa shape index (κ1) is 19.2. The molecule has 9 heteroatoms. The first-order valence-corrected chi connectivity index (χ1v) is 10.6. The van der Waals surface area contributed by atoms with Crippen molar-refractivity contribution >= 4 is 11.8 Å². The van der Waals surface area contributed by atoms with E-state index in [-0.39, 0.29) is 29.2 Å². The largest absolute Gasteiger partial charge is 0.379 e. The second-order valence-electron chi connectivity index (χ2n) is 8.08. The maximum absolute atomic E-state index is 13.1. The SMILES string of the molecule is O=C1N[C@@H](c2ccccc2)Cn2nnc(C(=O)N3CCC(N4CCOCC4)CC3)c21. The van der Waals surface area contributed by atoms with Gasteiger partial charge in [0.05, 0.1) is 25.8 Å². The molecule has 30 heavy (non-hydrogen) atoms. The predicted molar refractivity (Wildman–Crippen MR) is 108 cm³/mol. The third kappa shape index (κ3) is 3.59. The summed E-state index contributed by atoms with van der Waals surface area (Å²) in [5.41, 5.74) is 1.43. The number of morpholine rings is 1. The minimum Gasteiger partial charge on any atom is -0.379 e. The highest BCUT2D eigenvalue weighted by Crippen LogP contribution is 2.24. The zero-order chi connectivity index (χ0) is 20.5. The summed E-state index contributed by atoms with van der Waals surface area (Å²) in [6.45, 7) is 5.28. The van der Waals surface area contributed by atoms with Gasteiger partial charge in [-0.15, -0.1) is 5.10 Å². The molecule has 0 radical (unpaired) electrons. The second kappa shape index (κ2) is 8.16. The molecule has 0 unspecified atom stereocenters. The molecule has 5 rings (SSSR count). The van der Waals surface area contributed by atoms with E-state index >= 15 is 0 Å². The molecule has 9 nitrogen and oxygen atoms in total. The lowest BCUT2D eigenvalue weighted by Gasteiger charge is -2.39. The van der Waals surface area contributed by atoms with Gasteiger partial charge in [-0.3, -0.25) is 14.5 Å². The van der Waals surface area contributed by atoms with Crippen LogP contribution < -0.4 is 5.32 Å². The molecule has 0 saturated carbocycles. The smallest absolute Gasteiger partial charge is 0.276 e. The van der Waals surface area contributed by atoms with Crippen LogP contribution in [0.4, 0.5) is 0 Å². The average Bonchev–Trinajstić information content (AvgIpc) is 3.25. The van der Waals surface area contributed by atoms with Crippen molar-refractivity contribution in [2.45, 2.75) is 31.5 Å². The Kier molecular flexibility index (Phi) is 5.22. The normalized spacial score (nSPS) is 23.1. The summed E-state index contributed by atoms with van der Waals surface area (Å²) in [5, 5.41) is 11.2. The van der Waals surface area contributed by atoms with E-state index in [0.29, 0.717) is 25.7 Å². The Hall–Kier alpha value is -2.78. The standard InChI is InChI=1S/C21H26N6O3/c28-20-19-18(23-24-27(19)14-17(22-20)15-4-2-1-3-5-15)21(29)26-8-6-16(7-9-26)25-10-12-30-13-11-25/h1-5,16-17H,6-14H2,(H,22,28)/t17-/m1/s1. The lowest BCUT2D eigenvalue weighted by Crippen LogP contribution is -2.50. The lowest BCUT2D eigenvalue weighted by atomic mass is 10.0. The molecule has 3 aliphatic rings. The fraction of sp³-hybridized carbons (Fsp3) is 0.524. The number of carbonyl (C=O) groups excluding carboxylic acids is 2. The second-order valence-corrected chi connectivity index (χ2v) is 8.08. The molecule has 2 aromatic rings. The predicted octanol–water partition coefficient (Wildman–Crippen LogP) is 0.700. The zero-order valence-corrected chi connectivity index (χ0v) is 16.9. The van der Waals surface area contributed by atoms with E-state index in [1.165, 1.54) is 0 Å². The molecule has 158 valence electrons. The van der Waals surface area contributed by atoms with Crippen molar-refractivity contribution in [2.24, 2.45) is 0 Å². The number of piperidine rings is 1. The number of fused-ring (bicyclic) bond motifs is 1. The molecule has 4 heterocycles. The summed E-state index contributed by atoms with van der Waals surface area (Å²) >= 11 is 0. The molecular weight excluding hydrogens is 384 g/mol. The Morgan fingerprint density at radius 2 is 1.80 bits per heavy atom. The van der Waals surface area contributed by atoms with Crippen molar-refractivity contribution in [1.82, 2.24) is 30.1 Å². The van der Waals surface area contributed by atoms with Crippen LogP contribution in [0.15, 0.2) is 30.3 Å². The van der Waals surface area contributed by atoms with Crippen molar-refractivity contribution < 1.29 is 14.3 Å². The number of ether oxygens (including phenoxy) is 1. The Morgan fingerprint density at radius 1 is 1.07 bits per heavy atom. The van der Waals surface area contributed by atoms with Crippen LogP contribution in [0.1, 0.15) is 45.4 Å². The minimum absolute atomic E-state index is 0.156. The van der Waals surface area contributed by atoms with E-state index in [4.69, 9.17) is 4.74 Å². The van der Waals surface area contributed by atoms with Crippen LogP contribution in [-0.4, -0.2) is 82.0 Å². The topological polar surface area (TPSA) is 92.6 Å². The van der Waals surface area contributed by atoms with Crippen molar-refractivity contribution in [1.29, 1.82) is 0 Å². The summed E-state index contributed by atoms with van der Waals surface area (Å²) in [6.07, 6.45) is 1.86. The van der Waals surface area contributed by atoms with Gasteiger partial charge in [0, 0.05) is 32.2 Å². The van der Waals surface area contributed by atoms with Gasteiger partial charge in [0.25, 0.3) is 11.8 Å². The van der Waals surface area contributed by atoms with E-state index in [2.05, 4.69) is 20.5 Å². The fourth-order valence-corrected chi connectivity index (χ4v) is 4.66. The van der Waals surface area contributed by atoms with Crippen LogP contribution in [0.5, 0.6) is 0 Å². The molecule has 0 aliphatic carbocycles. The van der Waals surface area contributed by atoms with Crippen LogP contribution in [0.25, 0.3) is 0 Å². The van der Waals surface area contributed by atoms with Crippen molar-refractivity contribution in [2.75, 3.05) is 39.4 Å². The Balaban J connectivity index is 1.27. The van der Waals surface area contributed by atoms with Gasteiger partial charge in [-0.25, -0.2) is 4.68 Å². The van der Waals surface area contributed by atoms with Crippen LogP contribution >= 0.6 is 0 Å². The maximum atomic E-state index is 13.1. The van der Waals surface area contributed by atoms with Gasteiger partial charge in [-0.05, 0) is 18.4 Å². The number of hydrogen-bond donors (Lipinski definition) is 1. The van der Waals surface area contributed by atoms with E-state index in [1.54, 1.807) is 9.58 Å². The Morgan fingerprint density at radius 3 is 2.53 bits per heavy atom. The van der Waals surface area contributed by atoms with Gasteiger partial charge in [0.1, 0.15) is 0 Å². The van der Waals surface area contributed by atoms with E-state index < -0.39 is 0 Å². The molecule has 0 bridgehead atoms. The van der Waals surface area contributed by atoms with Gasteiger partial charge < -0.3 is 15.0 Å². The third-order valence-corrected chi connectivity index (χ3v) is 6.33. The molecule has 3 aliphatic heterocycles. The zero-order valence-electron chi connectivity index (χ0n) is 16.9. The number of aromatic nitrogens is 3. The van der Waals surface area contributed by atoms with Crippen LogP contribution in [0, 0.1) is 0 Å². The van der Waals surface area contributed by atoms with Crippen molar-refractivity contribution in [3.8, 4) is 0 Å². The molecule has 1 aromatic carbocycles. The number of likely N-dealkylation sites (tertiary alicyclic amines) is 1. The highest BCUT2D eigenvalue weighted by atomic mass is 16.5. The molecular formula is C21H26N6O3. The van der Waals surface area contributed by atoms with Gasteiger partial charge in [0.2, 0.25) is 0 Å². The van der Waals surface area contributed by atoms with Gasteiger partial charge >= 0.3 is 0 Å². The van der Waals surface area contributed by atoms with Crippen molar-refractivity contribution in [3.63, 3.8) is 0 Å². The van der Waals surface area contributed by atoms with Crippen LogP contribution in [0.2, 0.25) is 0 Å². The Labute approximate surface area is 175 Å². The molecule has 2 saturated heterocycles. The number of amides is 2. The quantitative estimate of drug-likeness (QED) is 0.801. The minimum atomic E-state index is -0.299. The molecule has 1 N–H and O–H groups in total. The third-order valence-electron chi connectivity index (χ3n) is 6.33. The van der Waals surface area contributed by atoms with Crippen molar-refractivity contribution in [3.05, 3.63) is 47.3 Å². The van der Waals surface area contributed by atoms with E-state index in [1.807, 2.05) is 30.3 Å². The monoisotopic (exact) mass is 410 g/mol. The summed E-state index contributed by atoms with van der Waals surface area (Å²) in [4.78, 5) is 30.2. The summed E-state index contributed by atoms with van der Waals surface area (Å²) in [5.74, 6) is -0.503. The first-order valence-electron chi connectivity index (χ1n) is 10.6. The fourth-order valence-electron chi connectivity index (χ4n) is 4.66. The highest BCUT2D eigenvalue weighted by molar-refractivity contribution is 6.05. The van der Waals surface area contributed by atoms with Crippen LogP contribution in [0.3, 0.4) is 0 Å².